The first-order chi connectivity index (χ1) is 12.8. The van der Waals surface area contributed by atoms with Crippen molar-refractivity contribution in [1.29, 1.82) is 0 Å². The minimum Gasteiger partial charge on any atom is -0.388 e. The molecular formula is C14H22N6O6S. The maximum atomic E-state index is 11.1. The molecule has 0 bridgehead atoms. The number of aliphatic hydroxyl groups is 2. The molecule has 12 nitrogen and oxygen atoms in total. The van der Waals surface area contributed by atoms with Crippen molar-refractivity contribution in [2.24, 2.45) is 5.14 Å². The van der Waals surface area contributed by atoms with Gasteiger partial charge in [-0.25, -0.2) is 28.5 Å². The van der Waals surface area contributed by atoms with E-state index in [0.29, 0.717) is 30.1 Å². The number of nitrogens with zero attached hydrogens (tertiary/aromatic N) is 4. The molecule has 1 aliphatic rings. The number of anilines is 1. The maximum absolute atomic E-state index is 11.1. The zero-order valence-electron chi connectivity index (χ0n) is 14.6. The number of aliphatic hydroxyl groups excluding tert-OH is 2. The maximum Gasteiger partial charge on any atom is 0.209 e. The van der Waals surface area contributed by atoms with Gasteiger partial charge in [-0.2, -0.15) is 0 Å². The van der Waals surface area contributed by atoms with Crippen LogP contribution >= 0.6 is 0 Å². The predicted octanol–water partition coefficient (Wildman–Crippen LogP) is -1.82. The van der Waals surface area contributed by atoms with Gasteiger partial charge in [0.2, 0.25) is 10.0 Å². The lowest BCUT2D eigenvalue weighted by Crippen LogP contribution is -2.33. The zero-order valence-corrected chi connectivity index (χ0v) is 15.4. The third-order valence-corrected chi connectivity index (χ3v) is 5.06. The van der Waals surface area contributed by atoms with Crippen LogP contribution in [-0.2, 0) is 19.5 Å². The molecule has 13 heteroatoms. The van der Waals surface area contributed by atoms with Crippen molar-refractivity contribution in [3.63, 3.8) is 0 Å². The summed E-state index contributed by atoms with van der Waals surface area (Å²) in [6.45, 7) is 1.00. The molecule has 0 amide bonds. The van der Waals surface area contributed by atoms with Gasteiger partial charge in [-0.3, -0.25) is 4.57 Å². The summed E-state index contributed by atoms with van der Waals surface area (Å²) in [7, 11) is -2.12. The van der Waals surface area contributed by atoms with Crippen molar-refractivity contribution in [3.05, 3.63) is 12.7 Å². The van der Waals surface area contributed by atoms with Crippen molar-refractivity contribution < 1.29 is 28.1 Å². The Morgan fingerprint density at radius 3 is 2.81 bits per heavy atom. The van der Waals surface area contributed by atoms with E-state index in [1.807, 2.05) is 0 Å². The molecule has 150 valence electrons. The average Bonchev–Trinajstić information content (AvgIpc) is 3.16. The van der Waals surface area contributed by atoms with E-state index in [0.717, 1.165) is 0 Å². The Bertz CT molecular complexity index is 889. The van der Waals surface area contributed by atoms with Crippen molar-refractivity contribution in [2.45, 2.75) is 31.0 Å². The van der Waals surface area contributed by atoms with Gasteiger partial charge in [0, 0.05) is 13.7 Å². The molecule has 0 aromatic carbocycles. The first kappa shape index (κ1) is 19.9. The highest BCUT2D eigenvalue weighted by Crippen LogP contribution is 2.33. The molecule has 0 radical (unpaired) electrons. The van der Waals surface area contributed by atoms with E-state index in [1.165, 1.54) is 17.2 Å². The minimum atomic E-state index is -3.71. The molecule has 5 N–H and O–H groups in total. The molecule has 27 heavy (non-hydrogen) atoms. The summed E-state index contributed by atoms with van der Waals surface area (Å²) >= 11 is 0. The Labute approximate surface area is 155 Å². The van der Waals surface area contributed by atoms with E-state index in [4.69, 9.17) is 14.6 Å². The molecule has 4 atom stereocenters. The molecule has 2 aromatic rings. The van der Waals surface area contributed by atoms with Crippen molar-refractivity contribution in [3.8, 4) is 0 Å². The molecule has 2 aromatic heterocycles. The van der Waals surface area contributed by atoms with Gasteiger partial charge in [0.15, 0.2) is 23.2 Å². The van der Waals surface area contributed by atoms with Gasteiger partial charge in [-0.05, 0) is 6.42 Å². The fraction of sp³-hybridized carbons (Fsp3) is 0.643. The third-order valence-electron chi connectivity index (χ3n) is 4.26. The second-order valence-electron chi connectivity index (χ2n) is 6.17. The van der Waals surface area contributed by atoms with Gasteiger partial charge in [-0.15, -0.1) is 0 Å². The normalized spacial score (nSPS) is 25.9. The van der Waals surface area contributed by atoms with Crippen LogP contribution in [0.1, 0.15) is 12.6 Å². The lowest BCUT2D eigenvalue weighted by molar-refractivity contribution is -0.0353. The van der Waals surface area contributed by atoms with Crippen LogP contribution < -0.4 is 10.5 Å². The number of hydrogen-bond acceptors (Lipinski definition) is 10. The van der Waals surface area contributed by atoms with Crippen LogP contribution in [0.4, 0.5) is 5.82 Å². The van der Waals surface area contributed by atoms with Crippen LogP contribution in [0.5, 0.6) is 0 Å². The van der Waals surface area contributed by atoms with Gasteiger partial charge in [0.05, 0.1) is 24.8 Å². The molecule has 3 rings (SSSR count). The van der Waals surface area contributed by atoms with E-state index in [-0.39, 0.29) is 12.2 Å². The number of hydrogen-bond donors (Lipinski definition) is 4. The number of methoxy groups -OCH3 is 1. The number of nitrogens with one attached hydrogen (secondary N) is 1. The largest absolute Gasteiger partial charge is 0.388 e. The Hall–Kier alpha value is -1.90. The van der Waals surface area contributed by atoms with Gasteiger partial charge >= 0.3 is 0 Å². The number of imidazole rings is 1. The van der Waals surface area contributed by atoms with Crippen LogP contribution in [0.2, 0.25) is 0 Å². The lowest BCUT2D eigenvalue weighted by atomic mass is 10.1. The van der Waals surface area contributed by atoms with Crippen molar-refractivity contribution in [2.75, 3.05) is 31.3 Å². The smallest absolute Gasteiger partial charge is 0.209 e. The minimum absolute atomic E-state index is 0.0427. The highest BCUT2D eigenvalue weighted by atomic mass is 32.2. The molecule has 1 saturated heterocycles. The molecule has 0 aliphatic carbocycles. The van der Waals surface area contributed by atoms with E-state index < -0.39 is 34.6 Å². The monoisotopic (exact) mass is 402 g/mol. The number of nitrogens with two attached hydrogens (primary N) is 1. The standard InChI is InChI=1S/C14H22N6O6S/c1-25-4-3-16-12-9-13(18-6-17-12)20(7-19-9)14-11(22)10(21)8(26-14)2-5-27(15,23)24/h6-8,10-11,14,21-22H,2-5H2,1H3,(H2,15,23,24)(H,16,17,18)/t8-,10-,11-,14-/m1/s1. The van der Waals surface area contributed by atoms with E-state index >= 15 is 0 Å². The molecule has 0 saturated carbocycles. The third kappa shape index (κ3) is 4.34. The highest BCUT2D eigenvalue weighted by Gasteiger charge is 2.44. The summed E-state index contributed by atoms with van der Waals surface area (Å²) in [5.74, 6) is 0.129. The summed E-state index contributed by atoms with van der Waals surface area (Å²) in [5, 5.41) is 28.6. The Morgan fingerprint density at radius 1 is 1.33 bits per heavy atom. The average molecular weight is 402 g/mol. The second kappa shape index (κ2) is 8.00. The van der Waals surface area contributed by atoms with Crippen LogP contribution in [0.15, 0.2) is 12.7 Å². The highest BCUT2D eigenvalue weighted by molar-refractivity contribution is 7.89. The van der Waals surface area contributed by atoms with Crippen molar-refractivity contribution >= 4 is 27.0 Å². The van der Waals surface area contributed by atoms with Crippen molar-refractivity contribution in [1.82, 2.24) is 19.5 Å². The molecule has 0 spiro atoms. The van der Waals surface area contributed by atoms with Gasteiger partial charge in [-0.1, -0.05) is 0 Å². The SMILES string of the molecule is COCCNc1ncnc2c1ncn2[C@@H]1O[C@H](CCS(N)(=O)=O)[C@@H](O)[C@H]1O. The first-order valence-corrected chi connectivity index (χ1v) is 9.96. The van der Waals surface area contributed by atoms with Crippen LogP contribution in [0, 0.1) is 0 Å². The van der Waals surface area contributed by atoms with Crippen LogP contribution in [0.25, 0.3) is 11.2 Å². The van der Waals surface area contributed by atoms with Gasteiger partial charge in [0.25, 0.3) is 0 Å². The molecular weight excluding hydrogens is 380 g/mol. The quantitative estimate of drug-likeness (QED) is 0.368. The first-order valence-electron chi connectivity index (χ1n) is 8.24. The van der Waals surface area contributed by atoms with E-state index in [2.05, 4.69) is 20.3 Å². The molecule has 1 fully saturated rings. The lowest BCUT2D eigenvalue weighted by Gasteiger charge is -2.16. The number of fused-ring (bicyclic) bond motifs is 1. The summed E-state index contributed by atoms with van der Waals surface area (Å²) in [6, 6.07) is 0. The summed E-state index contributed by atoms with van der Waals surface area (Å²) < 4.78 is 34.4. The Kier molecular flexibility index (Phi) is 5.88. The van der Waals surface area contributed by atoms with Gasteiger partial charge < -0.3 is 25.0 Å². The number of aromatic nitrogens is 4. The van der Waals surface area contributed by atoms with Crippen LogP contribution in [-0.4, -0.2) is 82.5 Å². The van der Waals surface area contributed by atoms with Gasteiger partial charge in [0.1, 0.15) is 18.5 Å². The van der Waals surface area contributed by atoms with E-state index in [1.54, 1.807) is 7.11 Å². The number of sulfonamides is 1. The van der Waals surface area contributed by atoms with E-state index in [9.17, 15) is 18.6 Å². The number of rotatable bonds is 8. The van der Waals surface area contributed by atoms with Crippen LogP contribution in [0.3, 0.4) is 0 Å². The second-order valence-corrected chi connectivity index (χ2v) is 7.90. The Balaban J connectivity index is 1.81. The summed E-state index contributed by atoms with van der Waals surface area (Å²) in [5.41, 5.74) is 0.861. The summed E-state index contributed by atoms with van der Waals surface area (Å²) in [4.78, 5) is 12.6. The summed E-state index contributed by atoms with van der Waals surface area (Å²) in [6.07, 6.45) is -1.70. The fourth-order valence-electron chi connectivity index (χ4n) is 2.92. The molecule has 0 unspecified atom stereocenters. The Morgan fingerprint density at radius 2 is 2.11 bits per heavy atom. The molecule has 1 aliphatic heterocycles. The number of ether oxygens (including phenoxy) is 2. The predicted molar refractivity (Wildman–Crippen MR) is 94.2 cm³/mol. The topological polar surface area (TPSA) is 175 Å². The zero-order chi connectivity index (χ0) is 19.6. The number of primary sulfonamides is 1. The molecule has 3 heterocycles. The fourth-order valence-corrected chi connectivity index (χ4v) is 3.48.